The Morgan fingerprint density at radius 2 is 1.36 bits per heavy atom. The molecule has 2 amide bonds. The Labute approximate surface area is 153 Å². The third kappa shape index (κ3) is 10.3. The smallest absolute Gasteiger partial charge is 0.326 e. The number of hydrogen-bond acceptors (Lipinski definition) is 7. The summed E-state index contributed by atoms with van der Waals surface area (Å²) in [6, 6.07) is -2.72. The second kappa shape index (κ2) is 13.9. The Morgan fingerprint density at radius 1 is 0.880 bits per heavy atom. The minimum absolute atomic E-state index is 0.139. The summed E-state index contributed by atoms with van der Waals surface area (Å²) in [6.45, 7) is 0.926. The van der Waals surface area contributed by atoms with Gasteiger partial charge in [-0.3, -0.25) is 9.59 Å². The van der Waals surface area contributed by atoms with Crippen LogP contribution in [0.4, 0.5) is 0 Å². The number of thiol groups is 1. The molecule has 0 aliphatic carbocycles. The number of carboxylic acids is 1. The summed E-state index contributed by atoms with van der Waals surface area (Å²) in [7, 11) is 0. The zero-order chi connectivity index (χ0) is 19.2. The van der Waals surface area contributed by atoms with E-state index in [1.165, 1.54) is 0 Å². The van der Waals surface area contributed by atoms with Gasteiger partial charge in [-0.2, -0.15) is 12.6 Å². The SMILES string of the molecule is NCCCC[C@H](NC(=O)[C@H](CCCCN)NC(=O)[C@@H](N)CS)C(=O)O. The highest BCUT2D eigenvalue weighted by Gasteiger charge is 2.27. The van der Waals surface area contributed by atoms with Gasteiger partial charge in [-0.25, -0.2) is 4.79 Å². The molecule has 0 heterocycles. The summed E-state index contributed by atoms with van der Waals surface area (Å²) >= 11 is 3.95. The molecule has 0 saturated heterocycles. The maximum atomic E-state index is 12.4. The van der Waals surface area contributed by atoms with Crippen LogP contribution in [0.1, 0.15) is 38.5 Å². The summed E-state index contributed by atoms with van der Waals surface area (Å²) < 4.78 is 0. The second-order valence-corrected chi connectivity index (χ2v) is 6.18. The third-order valence-corrected chi connectivity index (χ3v) is 4.07. The van der Waals surface area contributed by atoms with Crippen LogP contribution >= 0.6 is 12.6 Å². The lowest BCUT2D eigenvalue weighted by atomic mass is 10.1. The standard InChI is InChI=1S/C15H31N5O4S/c16-7-3-1-5-11(19-13(21)10(18)9-25)14(22)20-12(15(23)24)6-2-4-8-17/h10-12,25H,1-9,16-18H2,(H,19,21)(H,20,22)(H,23,24)/t10-,11-,12-/m0/s1. The molecule has 0 rings (SSSR count). The van der Waals surface area contributed by atoms with Gasteiger partial charge >= 0.3 is 5.97 Å². The molecule has 0 spiro atoms. The first-order valence-electron chi connectivity index (χ1n) is 8.47. The van der Waals surface area contributed by atoms with Crippen LogP contribution in [-0.2, 0) is 14.4 Å². The fourth-order valence-electron chi connectivity index (χ4n) is 2.15. The van der Waals surface area contributed by atoms with E-state index in [-0.39, 0.29) is 12.2 Å². The van der Waals surface area contributed by atoms with Crippen molar-refractivity contribution < 1.29 is 19.5 Å². The van der Waals surface area contributed by atoms with E-state index in [1.807, 2.05) is 0 Å². The molecule has 146 valence electrons. The van der Waals surface area contributed by atoms with Crippen LogP contribution in [0.25, 0.3) is 0 Å². The Balaban J connectivity index is 4.85. The molecule has 0 unspecified atom stereocenters. The Morgan fingerprint density at radius 3 is 1.80 bits per heavy atom. The van der Waals surface area contributed by atoms with E-state index in [2.05, 4.69) is 23.3 Å². The molecule has 0 fully saturated rings. The number of nitrogens with one attached hydrogen (secondary N) is 2. The quantitative estimate of drug-likeness (QED) is 0.143. The van der Waals surface area contributed by atoms with Crippen LogP contribution < -0.4 is 27.8 Å². The van der Waals surface area contributed by atoms with Crippen molar-refractivity contribution in [3.8, 4) is 0 Å². The highest BCUT2D eigenvalue weighted by molar-refractivity contribution is 7.80. The molecule has 0 aromatic rings. The first kappa shape index (κ1) is 23.6. The van der Waals surface area contributed by atoms with Crippen LogP contribution in [0.2, 0.25) is 0 Å². The third-order valence-electron chi connectivity index (χ3n) is 3.67. The van der Waals surface area contributed by atoms with Gasteiger partial charge in [0.2, 0.25) is 11.8 Å². The molecule has 0 saturated carbocycles. The van der Waals surface area contributed by atoms with Crippen molar-refractivity contribution in [3.63, 3.8) is 0 Å². The zero-order valence-electron chi connectivity index (χ0n) is 14.4. The maximum Gasteiger partial charge on any atom is 0.326 e. The van der Waals surface area contributed by atoms with Crippen molar-refractivity contribution in [2.24, 2.45) is 17.2 Å². The molecule has 0 aliphatic rings. The lowest BCUT2D eigenvalue weighted by Gasteiger charge is -2.22. The van der Waals surface area contributed by atoms with E-state index >= 15 is 0 Å². The van der Waals surface area contributed by atoms with Crippen LogP contribution in [0, 0.1) is 0 Å². The number of amides is 2. The summed E-state index contributed by atoms with van der Waals surface area (Å²) in [4.78, 5) is 35.7. The van der Waals surface area contributed by atoms with Gasteiger partial charge in [0, 0.05) is 5.75 Å². The maximum absolute atomic E-state index is 12.4. The number of carboxylic acid groups (broad SMARTS) is 1. The van der Waals surface area contributed by atoms with Gasteiger partial charge in [-0.05, 0) is 51.6 Å². The number of carbonyl (C=O) groups excluding carboxylic acids is 2. The molecule has 25 heavy (non-hydrogen) atoms. The summed E-state index contributed by atoms with van der Waals surface area (Å²) in [6.07, 6.45) is 3.20. The predicted octanol–water partition coefficient (Wildman–Crippen LogP) is -1.44. The average molecular weight is 378 g/mol. The number of nitrogens with two attached hydrogens (primary N) is 3. The molecule has 0 aliphatic heterocycles. The highest BCUT2D eigenvalue weighted by atomic mass is 32.1. The molecule has 9 nitrogen and oxygen atoms in total. The fourth-order valence-corrected chi connectivity index (χ4v) is 2.31. The number of carbonyl (C=O) groups is 3. The second-order valence-electron chi connectivity index (χ2n) is 5.82. The van der Waals surface area contributed by atoms with Crippen LogP contribution in [-0.4, -0.2) is 59.9 Å². The monoisotopic (exact) mass is 377 g/mol. The minimum Gasteiger partial charge on any atom is -0.480 e. The van der Waals surface area contributed by atoms with Gasteiger partial charge < -0.3 is 32.9 Å². The van der Waals surface area contributed by atoms with E-state index in [1.54, 1.807) is 0 Å². The van der Waals surface area contributed by atoms with E-state index in [4.69, 9.17) is 17.2 Å². The number of aliphatic carboxylic acids is 1. The van der Waals surface area contributed by atoms with Crippen molar-refractivity contribution >= 4 is 30.4 Å². The lowest BCUT2D eigenvalue weighted by Crippen LogP contribution is -2.54. The molecule has 9 N–H and O–H groups in total. The molecule has 0 aromatic carbocycles. The fraction of sp³-hybridized carbons (Fsp3) is 0.800. The molecule has 10 heteroatoms. The Hall–Kier alpha value is -1.36. The van der Waals surface area contributed by atoms with Crippen LogP contribution in [0.15, 0.2) is 0 Å². The average Bonchev–Trinajstić information content (AvgIpc) is 2.58. The Bertz CT molecular complexity index is 425. The van der Waals surface area contributed by atoms with Crippen molar-refractivity contribution in [1.82, 2.24) is 10.6 Å². The van der Waals surface area contributed by atoms with Crippen molar-refractivity contribution in [1.29, 1.82) is 0 Å². The number of rotatable bonds is 14. The summed E-state index contributed by atoms with van der Waals surface area (Å²) in [5.41, 5.74) is 16.4. The van der Waals surface area contributed by atoms with Crippen molar-refractivity contribution in [2.75, 3.05) is 18.8 Å². The largest absolute Gasteiger partial charge is 0.480 e. The van der Waals surface area contributed by atoms with Gasteiger partial charge in [-0.15, -0.1) is 0 Å². The van der Waals surface area contributed by atoms with Crippen molar-refractivity contribution in [2.45, 2.75) is 56.7 Å². The molecule has 3 atom stereocenters. The van der Waals surface area contributed by atoms with E-state index in [0.717, 1.165) is 0 Å². The summed E-state index contributed by atoms with van der Waals surface area (Å²) in [5, 5.41) is 14.3. The number of hydrogen-bond donors (Lipinski definition) is 7. The van der Waals surface area contributed by atoms with Gasteiger partial charge in [0.05, 0.1) is 6.04 Å². The highest BCUT2D eigenvalue weighted by Crippen LogP contribution is 2.05. The van der Waals surface area contributed by atoms with E-state index in [0.29, 0.717) is 45.2 Å². The zero-order valence-corrected chi connectivity index (χ0v) is 15.3. The molecular weight excluding hydrogens is 346 g/mol. The van der Waals surface area contributed by atoms with Gasteiger partial charge in [-0.1, -0.05) is 0 Å². The van der Waals surface area contributed by atoms with Crippen molar-refractivity contribution in [3.05, 3.63) is 0 Å². The van der Waals surface area contributed by atoms with E-state index in [9.17, 15) is 19.5 Å². The number of unbranched alkanes of at least 4 members (excludes halogenated alkanes) is 2. The molecule has 0 bridgehead atoms. The van der Waals surface area contributed by atoms with Crippen LogP contribution in [0.5, 0.6) is 0 Å². The van der Waals surface area contributed by atoms with Gasteiger partial charge in [0.1, 0.15) is 12.1 Å². The normalized spacial score (nSPS) is 14.4. The van der Waals surface area contributed by atoms with Gasteiger partial charge in [0.15, 0.2) is 0 Å². The van der Waals surface area contributed by atoms with Gasteiger partial charge in [0.25, 0.3) is 0 Å². The molecule has 0 aromatic heterocycles. The summed E-state index contributed by atoms with van der Waals surface area (Å²) in [5.74, 6) is -2.03. The van der Waals surface area contributed by atoms with E-state index < -0.39 is 35.9 Å². The minimum atomic E-state index is -1.12. The first-order valence-corrected chi connectivity index (χ1v) is 9.10. The first-order chi connectivity index (χ1) is 11.9. The Kier molecular flexibility index (Phi) is 13.1. The topological polar surface area (TPSA) is 174 Å². The molecule has 0 radical (unpaired) electrons. The molecular formula is C15H31N5O4S. The van der Waals surface area contributed by atoms with Crippen LogP contribution in [0.3, 0.4) is 0 Å². The lowest BCUT2D eigenvalue weighted by molar-refractivity contribution is -0.142. The predicted molar refractivity (Wildman–Crippen MR) is 99.1 cm³/mol.